The van der Waals surface area contributed by atoms with Crippen LogP contribution < -0.4 is 0 Å². The first-order chi connectivity index (χ1) is 10.9. The molecule has 0 aromatic rings. The predicted molar refractivity (Wildman–Crippen MR) is 83.5 cm³/mol. The molecule has 0 spiro atoms. The van der Waals surface area contributed by atoms with Gasteiger partial charge in [-0.15, -0.1) is 0 Å². The van der Waals surface area contributed by atoms with E-state index in [-0.39, 0.29) is 19.6 Å². The van der Waals surface area contributed by atoms with E-state index in [0.29, 0.717) is 26.2 Å². The Kier molecular flexibility index (Phi) is 13.2. The van der Waals surface area contributed by atoms with Crippen LogP contribution in [0.2, 0.25) is 0 Å². The molecular weight excluding hydrogens is 328 g/mol. The van der Waals surface area contributed by atoms with E-state index in [1.54, 1.807) is 0 Å². The van der Waals surface area contributed by atoms with Gasteiger partial charge < -0.3 is 14.2 Å². The number of carbonyl (C=O) groups is 1. The molecule has 0 saturated heterocycles. The van der Waals surface area contributed by atoms with Crippen molar-refractivity contribution in [3.63, 3.8) is 0 Å². The van der Waals surface area contributed by atoms with Gasteiger partial charge in [0.05, 0.1) is 19.8 Å². The van der Waals surface area contributed by atoms with E-state index in [4.69, 9.17) is 18.8 Å². The van der Waals surface area contributed by atoms with Crippen LogP contribution in [-0.4, -0.2) is 58.1 Å². The topological polar surface area (TPSA) is 108 Å². The maximum atomic E-state index is 11.7. The second-order valence-electron chi connectivity index (χ2n) is 4.90. The van der Waals surface area contributed by atoms with Crippen molar-refractivity contribution in [3.05, 3.63) is 0 Å². The van der Waals surface area contributed by atoms with Gasteiger partial charge in [0.15, 0.2) is 6.10 Å². The first-order valence-electron chi connectivity index (χ1n) is 7.88. The molecule has 0 aromatic heterocycles. The highest BCUT2D eigenvalue weighted by molar-refractivity contribution is 7.80. The van der Waals surface area contributed by atoms with Crippen molar-refractivity contribution < 1.29 is 36.2 Å². The van der Waals surface area contributed by atoms with E-state index in [1.165, 1.54) is 0 Å². The van der Waals surface area contributed by atoms with Crippen molar-refractivity contribution in [3.8, 4) is 0 Å². The average Bonchev–Trinajstić information content (AvgIpc) is 2.48. The summed E-state index contributed by atoms with van der Waals surface area (Å²) in [4.78, 5) is 11.7. The number of hydrogen-bond acceptors (Lipinski definition) is 7. The molecular formula is C14H28O8S. The summed E-state index contributed by atoms with van der Waals surface area (Å²) in [5.74, 6) is -0.834. The van der Waals surface area contributed by atoms with Crippen molar-refractivity contribution in [1.82, 2.24) is 0 Å². The summed E-state index contributed by atoms with van der Waals surface area (Å²) in [5.41, 5.74) is 0. The number of hydrogen-bond donors (Lipinski definition) is 1. The maximum Gasteiger partial charge on any atom is 0.398 e. The van der Waals surface area contributed by atoms with E-state index in [2.05, 4.69) is 11.1 Å². The highest BCUT2D eigenvalue weighted by Gasteiger charge is 2.25. The lowest BCUT2D eigenvalue weighted by Gasteiger charge is -2.14. The lowest BCUT2D eigenvalue weighted by molar-refractivity contribution is -0.154. The second-order valence-corrected chi connectivity index (χ2v) is 5.95. The van der Waals surface area contributed by atoms with Crippen LogP contribution in [0.15, 0.2) is 0 Å². The molecule has 23 heavy (non-hydrogen) atoms. The molecule has 0 aliphatic rings. The first-order valence-corrected chi connectivity index (χ1v) is 9.25. The minimum Gasteiger partial charge on any atom is -0.461 e. The van der Waals surface area contributed by atoms with Crippen molar-refractivity contribution in [1.29, 1.82) is 0 Å². The van der Waals surface area contributed by atoms with Gasteiger partial charge in [-0.05, 0) is 12.8 Å². The minimum atomic E-state index is -4.70. The molecule has 1 N–H and O–H groups in total. The molecule has 1 atom stereocenters. The Hall–Kier alpha value is -0.740. The summed E-state index contributed by atoms with van der Waals surface area (Å²) in [6, 6.07) is 0. The lowest BCUT2D eigenvalue weighted by atomic mass is 10.2. The van der Waals surface area contributed by atoms with Gasteiger partial charge in [0.25, 0.3) is 0 Å². The Balaban J connectivity index is 3.85. The van der Waals surface area contributed by atoms with Crippen LogP contribution in [0.1, 0.15) is 46.0 Å². The minimum absolute atomic E-state index is 0.0226. The summed E-state index contributed by atoms with van der Waals surface area (Å²) in [6.07, 6.45) is 2.22. The van der Waals surface area contributed by atoms with Crippen LogP contribution in [0.3, 0.4) is 0 Å². The van der Waals surface area contributed by atoms with E-state index < -0.39 is 22.5 Å². The predicted octanol–water partition coefficient (Wildman–Crippen LogP) is 1.74. The van der Waals surface area contributed by atoms with Gasteiger partial charge in [0.2, 0.25) is 0 Å². The van der Waals surface area contributed by atoms with Crippen LogP contribution in [0.5, 0.6) is 0 Å². The molecule has 0 saturated carbocycles. The normalized spacial score (nSPS) is 13.0. The number of carbonyl (C=O) groups excluding carboxylic acids is 1. The Morgan fingerprint density at radius 3 is 2.09 bits per heavy atom. The highest BCUT2D eigenvalue weighted by Crippen LogP contribution is 2.09. The quantitative estimate of drug-likeness (QED) is 0.268. The number of ether oxygens (including phenoxy) is 3. The zero-order chi connectivity index (χ0) is 17.6. The second kappa shape index (κ2) is 13.7. The molecule has 0 fully saturated rings. The van der Waals surface area contributed by atoms with Crippen LogP contribution in [-0.2, 0) is 33.6 Å². The molecule has 0 aliphatic carbocycles. The van der Waals surface area contributed by atoms with Gasteiger partial charge >= 0.3 is 16.4 Å². The van der Waals surface area contributed by atoms with Gasteiger partial charge in [0.1, 0.15) is 6.61 Å². The Morgan fingerprint density at radius 2 is 1.52 bits per heavy atom. The fourth-order valence-corrected chi connectivity index (χ4v) is 2.07. The molecule has 0 heterocycles. The van der Waals surface area contributed by atoms with Gasteiger partial charge in [-0.1, -0.05) is 33.1 Å². The van der Waals surface area contributed by atoms with Crippen molar-refractivity contribution in [2.75, 3.05) is 33.0 Å². The van der Waals surface area contributed by atoms with Gasteiger partial charge in [0, 0.05) is 6.61 Å². The van der Waals surface area contributed by atoms with Crippen LogP contribution in [0.4, 0.5) is 0 Å². The van der Waals surface area contributed by atoms with E-state index in [1.807, 2.05) is 6.92 Å². The Bertz CT molecular complexity index is 396. The molecule has 0 aromatic carbocycles. The molecule has 0 aliphatic heterocycles. The Labute approximate surface area is 138 Å². The number of unbranched alkanes of at least 4 members (excludes halogenated alkanes) is 2. The molecule has 0 bridgehead atoms. The first kappa shape index (κ1) is 22.3. The molecule has 8 nitrogen and oxygen atoms in total. The molecule has 9 heteroatoms. The SMILES string of the molecule is CCCCOCCOCCOC(=O)C(CCCC)OS(=O)(=O)O. The lowest BCUT2D eigenvalue weighted by Crippen LogP contribution is -2.30. The van der Waals surface area contributed by atoms with Crippen molar-refractivity contribution >= 4 is 16.4 Å². The molecule has 1 unspecified atom stereocenters. The monoisotopic (exact) mass is 356 g/mol. The zero-order valence-electron chi connectivity index (χ0n) is 13.9. The molecule has 0 rings (SSSR count). The van der Waals surface area contributed by atoms with E-state index in [9.17, 15) is 13.2 Å². The largest absolute Gasteiger partial charge is 0.461 e. The third-order valence-electron chi connectivity index (χ3n) is 2.81. The number of rotatable bonds is 15. The van der Waals surface area contributed by atoms with E-state index >= 15 is 0 Å². The van der Waals surface area contributed by atoms with E-state index in [0.717, 1.165) is 19.3 Å². The standard InChI is InChI=1S/C14H28O8S/c1-3-5-7-13(22-23(16,17)18)14(15)21-12-11-20-10-9-19-8-6-4-2/h13H,3-12H2,1-2H3,(H,16,17,18). The fraction of sp³-hybridized carbons (Fsp3) is 0.929. The van der Waals surface area contributed by atoms with Crippen molar-refractivity contribution in [2.45, 2.75) is 52.1 Å². The maximum absolute atomic E-state index is 11.7. The summed E-state index contributed by atoms with van der Waals surface area (Å²) >= 11 is 0. The van der Waals surface area contributed by atoms with Gasteiger partial charge in [-0.3, -0.25) is 4.55 Å². The Morgan fingerprint density at radius 1 is 0.957 bits per heavy atom. The zero-order valence-corrected chi connectivity index (χ0v) is 14.7. The smallest absolute Gasteiger partial charge is 0.398 e. The third kappa shape index (κ3) is 14.6. The summed E-state index contributed by atoms with van der Waals surface area (Å²) < 4.78 is 49.8. The summed E-state index contributed by atoms with van der Waals surface area (Å²) in [7, 11) is -4.70. The van der Waals surface area contributed by atoms with Gasteiger partial charge in [-0.25, -0.2) is 8.98 Å². The van der Waals surface area contributed by atoms with Crippen LogP contribution >= 0.6 is 0 Å². The van der Waals surface area contributed by atoms with Crippen LogP contribution in [0.25, 0.3) is 0 Å². The fourth-order valence-electron chi connectivity index (χ4n) is 1.60. The van der Waals surface area contributed by atoms with Gasteiger partial charge in [-0.2, -0.15) is 8.42 Å². The highest BCUT2D eigenvalue weighted by atomic mass is 32.3. The molecule has 138 valence electrons. The molecule has 0 amide bonds. The van der Waals surface area contributed by atoms with Crippen molar-refractivity contribution in [2.24, 2.45) is 0 Å². The summed E-state index contributed by atoms with van der Waals surface area (Å²) in [5, 5.41) is 0. The average molecular weight is 356 g/mol. The number of esters is 1. The molecule has 0 radical (unpaired) electrons. The summed E-state index contributed by atoms with van der Waals surface area (Å²) in [6.45, 7) is 5.67. The third-order valence-corrected chi connectivity index (χ3v) is 3.28. The van der Waals surface area contributed by atoms with Crippen LogP contribution in [0, 0.1) is 0 Å².